The Hall–Kier alpha value is -2.43. The molecule has 1 amide bonds. The van der Waals surface area contributed by atoms with Gasteiger partial charge in [0.2, 0.25) is 0 Å². The van der Waals surface area contributed by atoms with Crippen molar-refractivity contribution in [3.8, 4) is 11.8 Å². The second-order valence-corrected chi connectivity index (χ2v) is 7.27. The molecule has 0 spiro atoms. The van der Waals surface area contributed by atoms with Crippen LogP contribution in [0, 0.1) is 11.3 Å². The lowest BCUT2D eigenvalue weighted by atomic mass is 10.1. The topological polar surface area (TPSA) is 65.4 Å². The van der Waals surface area contributed by atoms with Crippen molar-refractivity contribution in [2.75, 3.05) is 19.7 Å². The molecule has 2 aromatic rings. The zero-order valence-electron chi connectivity index (χ0n) is 15.7. The fourth-order valence-electron chi connectivity index (χ4n) is 2.61. The number of thiocarbonyl (C=S) groups is 1. The predicted octanol–water partition coefficient (Wildman–Crippen LogP) is 4.32. The van der Waals surface area contributed by atoms with Crippen LogP contribution in [0.15, 0.2) is 53.0 Å². The maximum absolute atomic E-state index is 12.8. The van der Waals surface area contributed by atoms with Gasteiger partial charge < -0.3 is 9.64 Å². The van der Waals surface area contributed by atoms with Crippen molar-refractivity contribution in [2.24, 2.45) is 0 Å². The Morgan fingerprint density at radius 1 is 1.25 bits per heavy atom. The van der Waals surface area contributed by atoms with Gasteiger partial charge in [0, 0.05) is 17.6 Å². The first-order valence-electron chi connectivity index (χ1n) is 8.98. The number of amides is 1. The summed E-state index contributed by atoms with van der Waals surface area (Å²) >= 11 is 8.83. The molecule has 2 rings (SSSR count). The first kappa shape index (κ1) is 21.9. The molecule has 7 heteroatoms. The van der Waals surface area contributed by atoms with E-state index in [2.05, 4.69) is 27.3 Å². The molecule has 5 nitrogen and oxygen atoms in total. The van der Waals surface area contributed by atoms with Gasteiger partial charge in [-0.05, 0) is 49.3 Å². The third-order valence-corrected chi connectivity index (χ3v) is 4.85. The van der Waals surface area contributed by atoms with Crippen LogP contribution in [0.2, 0.25) is 0 Å². The molecule has 0 unspecified atom stereocenters. The van der Waals surface area contributed by atoms with Gasteiger partial charge in [0.05, 0.1) is 24.7 Å². The summed E-state index contributed by atoms with van der Waals surface area (Å²) in [6.07, 6.45) is 1.09. The lowest BCUT2D eigenvalue weighted by Crippen LogP contribution is -2.44. The minimum atomic E-state index is -0.337. The number of rotatable bonds is 8. The Balaban J connectivity index is 2.08. The minimum Gasteiger partial charge on any atom is -0.493 e. The molecule has 0 bridgehead atoms. The normalized spacial score (nSPS) is 10.0. The van der Waals surface area contributed by atoms with E-state index in [0.29, 0.717) is 42.5 Å². The summed E-state index contributed by atoms with van der Waals surface area (Å²) in [5.74, 6) is 0.162. The fourth-order valence-corrected chi connectivity index (χ4v) is 3.25. The molecule has 146 valence electrons. The van der Waals surface area contributed by atoms with E-state index in [-0.39, 0.29) is 5.91 Å². The van der Waals surface area contributed by atoms with Gasteiger partial charge >= 0.3 is 0 Å². The van der Waals surface area contributed by atoms with Crippen molar-refractivity contribution in [1.29, 1.82) is 5.26 Å². The van der Waals surface area contributed by atoms with Gasteiger partial charge in [-0.1, -0.05) is 46.3 Å². The van der Waals surface area contributed by atoms with Gasteiger partial charge in [-0.2, -0.15) is 5.26 Å². The summed E-state index contributed by atoms with van der Waals surface area (Å²) in [6.45, 7) is 3.39. The Morgan fingerprint density at radius 2 is 2.00 bits per heavy atom. The maximum atomic E-state index is 12.8. The smallest absolute Gasteiger partial charge is 0.261 e. The summed E-state index contributed by atoms with van der Waals surface area (Å²) in [5.41, 5.74) is 1.58. The first-order valence-corrected chi connectivity index (χ1v) is 10.2. The highest BCUT2D eigenvalue weighted by Gasteiger charge is 2.17. The third kappa shape index (κ3) is 6.63. The number of halogens is 1. The molecule has 0 fully saturated rings. The molecule has 0 aliphatic carbocycles. The van der Waals surface area contributed by atoms with Crippen LogP contribution in [-0.2, 0) is 6.42 Å². The number of carbonyl (C=O) groups excluding carboxylic acids is 1. The van der Waals surface area contributed by atoms with E-state index >= 15 is 0 Å². The molecule has 28 heavy (non-hydrogen) atoms. The zero-order chi connectivity index (χ0) is 20.4. The molecule has 0 aromatic heterocycles. The summed E-state index contributed by atoms with van der Waals surface area (Å²) in [4.78, 5) is 14.6. The van der Waals surface area contributed by atoms with Crippen LogP contribution < -0.4 is 10.1 Å². The molecule has 0 atom stereocenters. The van der Waals surface area contributed by atoms with Crippen molar-refractivity contribution >= 4 is 39.2 Å². The highest BCUT2D eigenvalue weighted by molar-refractivity contribution is 9.10. The molecule has 1 N–H and O–H groups in total. The number of hydrogen-bond acceptors (Lipinski definition) is 4. The van der Waals surface area contributed by atoms with Gasteiger partial charge in [0.15, 0.2) is 5.11 Å². The van der Waals surface area contributed by atoms with Crippen molar-refractivity contribution in [3.05, 3.63) is 64.1 Å². The fraction of sp³-hybridized carbons (Fsp3) is 0.286. The van der Waals surface area contributed by atoms with Gasteiger partial charge in [0.25, 0.3) is 5.91 Å². The predicted molar refractivity (Wildman–Crippen MR) is 117 cm³/mol. The molecule has 0 aliphatic rings. The van der Waals surface area contributed by atoms with Crippen LogP contribution in [0.25, 0.3) is 0 Å². The van der Waals surface area contributed by atoms with Crippen LogP contribution in [-0.4, -0.2) is 35.6 Å². The van der Waals surface area contributed by atoms with E-state index < -0.39 is 0 Å². The number of carbonyl (C=O) groups is 1. The van der Waals surface area contributed by atoms with Crippen molar-refractivity contribution in [3.63, 3.8) is 0 Å². The molecule has 0 heterocycles. The zero-order valence-corrected chi connectivity index (χ0v) is 18.1. The quantitative estimate of drug-likeness (QED) is 0.595. The molecule has 0 saturated heterocycles. The molecule has 0 aliphatic heterocycles. The van der Waals surface area contributed by atoms with Gasteiger partial charge in [-0.15, -0.1) is 0 Å². The Morgan fingerprint density at radius 3 is 2.68 bits per heavy atom. The van der Waals surface area contributed by atoms with Gasteiger partial charge in [-0.25, -0.2) is 0 Å². The second-order valence-electron chi connectivity index (χ2n) is 5.96. The molecule has 0 radical (unpaired) electrons. The first-order chi connectivity index (χ1) is 13.5. The van der Waals surface area contributed by atoms with Crippen LogP contribution in [0.4, 0.5) is 0 Å². The number of nitriles is 1. The lowest BCUT2D eigenvalue weighted by Gasteiger charge is -2.25. The van der Waals surface area contributed by atoms with Crippen LogP contribution >= 0.6 is 28.1 Å². The monoisotopic (exact) mass is 459 g/mol. The van der Waals surface area contributed by atoms with Gasteiger partial charge in [0.1, 0.15) is 5.75 Å². The standard InChI is InChI=1S/C21H22BrN3O2S/c1-2-27-19-10-9-17(22)15-18(19)20(26)24-21(28)25(13-6-12-23)14-11-16-7-4-3-5-8-16/h3-5,7-10,15H,2,6,11,13-14H2,1H3,(H,24,26,28). The lowest BCUT2D eigenvalue weighted by molar-refractivity contribution is 0.0969. The highest BCUT2D eigenvalue weighted by Crippen LogP contribution is 2.23. The van der Waals surface area contributed by atoms with Gasteiger partial charge in [-0.3, -0.25) is 10.1 Å². The molecule has 2 aromatic carbocycles. The molecule has 0 saturated carbocycles. The summed E-state index contributed by atoms with van der Waals surface area (Å²) in [7, 11) is 0. The highest BCUT2D eigenvalue weighted by atomic mass is 79.9. The third-order valence-electron chi connectivity index (χ3n) is 4.00. The van der Waals surface area contributed by atoms with E-state index in [0.717, 1.165) is 10.9 Å². The average molecular weight is 460 g/mol. The van der Waals surface area contributed by atoms with Crippen LogP contribution in [0.5, 0.6) is 5.75 Å². The summed E-state index contributed by atoms with van der Waals surface area (Å²) < 4.78 is 6.32. The number of benzene rings is 2. The Labute approximate surface area is 179 Å². The number of hydrogen-bond donors (Lipinski definition) is 1. The molecular formula is C21H22BrN3O2S. The van der Waals surface area contributed by atoms with Crippen LogP contribution in [0.1, 0.15) is 29.3 Å². The SMILES string of the molecule is CCOc1ccc(Br)cc1C(=O)NC(=S)N(CCC#N)CCc1ccccc1. The Kier molecular flexibility index (Phi) is 8.92. The summed E-state index contributed by atoms with van der Waals surface area (Å²) in [6, 6.07) is 17.4. The van der Waals surface area contributed by atoms with Crippen molar-refractivity contribution in [2.45, 2.75) is 19.8 Å². The maximum Gasteiger partial charge on any atom is 0.261 e. The summed E-state index contributed by atoms with van der Waals surface area (Å²) in [5, 5.41) is 12.0. The largest absolute Gasteiger partial charge is 0.493 e. The van der Waals surface area contributed by atoms with E-state index in [9.17, 15) is 4.79 Å². The second kappa shape index (κ2) is 11.4. The van der Waals surface area contributed by atoms with Crippen LogP contribution in [0.3, 0.4) is 0 Å². The number of nitrogens with one attached hydrogen (secondary N) is 1. The minimum absolute atomic E-state index is 0.304. The molecular weight excluding hydrogens is 438 g/mol. The van der Waals surface area contributed by atoms with Crippen molar-refractivity contribution in [1.82, 2.24) is 10.2 Å². The van der Waals surface area contributed by atoms with E-state index in [4.69, 9.17) is 22.2 Å². The van der Waals surface area contributed by atoms with E-state index in [1.54, 1.807) is 12.1 Å². The van der Waals surface area contributed by atoms with E-state index in [1.165, 1.54) is 5.56 Å². The number of nitrogens with zero attached hydrogens (tertiary/aromatic N) is 2. The average Bonchev–Trinajstić information content (AvgIpc) is 2.70. The number of ether oxygens (including phenoxy) is 1. The Bertz CT molecular complexity index is 852. The van der Waals surface area contributed by atoms with E-state index in [1.807, 2.05) is 48.2 Å². The van der Waals surface area contributed by atoms with Crippen molar-refractivity contribution < 1.29 is 9.53 Å².